The highest BCUT2D eigenvalue weighted by Gasteiger charge is 2.22. The van der Waals surface area contributed by atoms with Gasteiger partial charge in [0.2, 0.25) is 0 Å². The Balaban J connectivity index is 2.35. The predicted octanol–water partition coefficient (Wildman–Crippen LogP) is -0.556. The van der Waals surface area contributed by atoms with Crippen molar-refractivity contribution in [3.8, 4) is 0 Å². The molecule has 1 saturated heterocycles. The molecule has 1 aliphatic heterocycles. The largest absolute Gasteiger partial charge is 0.479 e. The molecule has 1 fully saturated rings. The lowest BCUT2D eigenvalue weighted by molar-refractivity contribution is -0.146. The van der Waals surface area contributed by atoms with E-state index in [4.69, 9.17) is 5.11 Å². The lowest BCUT2D eigenvalue weighted by Gasteiger charge is -1.95. The van der Waals surface area contributed by atoms with Crippen molar-refractivity contribution in [2.75, 3.05) is 13.4 Å². The van der Waals surface area contributed by atoms with E-state index in [0.29, 0.717) is 0 Å². The maximum atomic E-state index is 10.00. The summed E-state index contributed by atoms with van der Waals surface area (Å²) in [6, 6.07) is 0. The van der Waals surface area contributed by atoms with Crippen LogP contribution in [0.3, 0.4) is 0 Å². The Bertz CT molecular complexity index is 94.2. The van der Waals surface area contributed by atoms with Crippen LogP contribution < -0.4 is 0 Å². The van der Waals surface area contributed by atoms with Crippen LogP contribution in [0.15, 0.2) is 0 Å². The van der Waals surface area contributed by atoms with Gasteiger partial charge in [0, 0.05) is 0 Å². The molecule has 1 heterocycles. The van der Waals surface area contributed by atoms with Crippen molar-refractivity contribution in [1.29, 1.82) is 0 Å². The minimum atomic E-state index is -0.956. The molecule has 0 aromatic heterocycles. The average molecular weight is 118 g/mol. The first-order chi connectivity index (χ1) is 3.80. The summed E-state index contributed by atoms with van der Waals surface area (Å²) in [6.45, 7) is 0.284. The molecular formula is C4H6O4. The van der Waals surface area contributed by atoms with Crippen LogP contribution in [0, 0.1) is 0 Å². The van der Waals surface area contributed by atoms with Crippen molar-refractivity contribution in [3.63, 3.8) is 0 Å². The van der Waals surface area contributed by atoms with Gasteiger partial charge in [-0.2, -0.15) is 0 Å². The van der Waals surface area contributed by atoms with Gasteiger partial charge in [0.1, 0.15) is 6.79 Å². The molecule has 1 N–H and O–H groups in total. The van der Waals surface area contributed by atoms with Crippen molar-refractivity contribution in [3.05, 3.63) is 0 Å². The van der Waals surface area contributed by atoms with Crippen LogP contribution in [-0.2, 0) is 14.3 Å². The van der Waals surface area contributed by atoms with Gasteiger partial charge in [0.15, 0.2) is 6.10 Å². The fraction of sp³-hybridized carbons (Fsp3) is 0.750. The molecule has 4 nitrogen and oxygen atoms in total. The van der Waals surface area contributed by atoms with Crippen molar-refractivity contribution in [1.82, 2.24) is 0 Å². The van der Waals surface area contributed by atoms with E-state index in [1.54, 1.807) is 0 Å². The summed E-state index contributed by atoms with van der Waals surface area (Å²) in [4.78, 5) is 10.00. The summed E-state index contributed by atoms with van der Waals surface area (Å²) in [7, 11) is 0. The zero-order chi connectivity index (χ0) is 5.98. The second-order valence-electron chi connectivity index (χ2n) is 1.48. The first-order valence-corrected chi connectivity index (χ1v) is 2.23. The Labute approximate surface area is 46.0 Å². The molecule has 0 aliphatic carbocycles. The molecule has 0 bridgehead atoms. The van der Waals surface area contributed by atoms with Gasteiger partial charge in [-0.05, 0) is 0 Å². The second-order valence-corrected chi connectivity index (χ2v) is 1.48. The molecular weight excluding hydrogens is 112 g/mol. The second kappa shape index (κ2) is 2.11. The Hall–Kier alpha value is -0.610. The van der Waals surface area contributed by atoms with Crippen molar-refractivity contribution in [2.24, 2.45) is 0 Å². The zero-order valence-corrected chi connectivity index (χ0v) is 4.16. The van der Waals surface area contributed by atoms with E-state index in [-0.39, 0.29) is 13.4 Å². The van der Waals surface area contributed by atoms with Crippen LogP contribution in [0.5, 0.6) is 0 Å². The maximum absolute atomic E-state index is 10.00. The molecule has 46 valence electrons. The summed E-state index contributed by atoms with van der Waals surface area (Å²) >= 11 is 0. The first-order valence-electron chi connectivity index (χ1n) is 2.23. The number of hydrogen-bond acceptors (Lipinski definition) is 3. The topological polar surface area (TPSA) is 55.8 Å². The number of carbonyl (C=O) groups is 1. The number of carboxylic acid groups (broad SMARTS) is 1. The minimum absolute atomic E-state index is 0.108. The molecule has 0 aromatic carbocycles. The monoisotopic (exact) mass is 118 g/mol. The van der Waals surface area contributed by atoms with Gasteiger partial charge in [0.05, 0.1) is 6.61 Å². The summed E-state index contributed by atoms with van der Waals surface area (Å²) < 4.78 is 9.21. The lowest BCUT2D eigenvalue weighted by Crippen LogP contribution is -2.21. The van der Waals surface area contributed by atoms with Gasteiger partial charge >= 0.3 is 5.97 Å². The number of carboxylic acids is 1. The molecule has 1 aliphatic rings. The number of ether oxygens (including phenoxy) is 2. The highest BCUT2D eigenvalue weighted by molar-refractivity contribution is 5.72. The van der Waals surface area contributed by atoms with Gasteiger partial charge in [-0.25, -0.2) is 4.79 Å². The molecule has 0 aromatic rings. The minimum Gasteiger partial charge on any atom is -0.479 e. The first kappa shape index (κ1) is 5.53. The van der Waals surface area contributed by atoms with Crippen LogP contribution in [-0.4, -0.2) is 30.6 Å². The highest BCUT2D eigenvalue weighted by atomic mass is 16.7. The molecule has 0 spiro atoms. The Morgan fingerprint density at radius 1 is 1.75 bits per heavy atom. The molecule has 0 unspecified atom stereocenters. The molecule has 0 radical (unpaired) electrons. The van der Waals surface area contributed by atoms with Crippen LogP contribution >= 0.6 is 0 Å². The predicted molar refractivity (Wildman–Crippen MR) is 23.3 cm³/mol. The van der Waals surface area contributed by atoms with Crippen molar-refractivity contribution in [2.45, 2.75) is 6.10 Å². The molecule has 4 heteroatoms. The van der Waals surface area contributed by atoms with Crippen LogP contribution in [0.2, 0.25) is 0 Å². The molecule has 1 rings (SSSR count). The smallest absolute Gasteiger partial charge is 0.335 e. The van der Waals surface area contributed by atoms with Crippen LogP contribution in [0.4, 0.5) is 0 Å². The van der Waals surface area contributed by atoms with E-state index in [2.05, 4.69) is 9.47 Å². The Morgan fingerprint density at radius 3 is 2.75 bits per heavy atom. The fourth-order valence-corrected chi connectivity index (χ4v) is 0.476. The molecule has 0 saturated carbocycles. The summed E-state index contributed by atoms with van der Waals surface area (Å²) in [5.41, 5.74) is 0. The van der Waals surface area contributed by atoms with Gasteiger partial charge in [-0.15, -0.1) is 0 Å². The molecule has 0 amide bonds. The number of hydrogen-bond donors (Lipinski definition) is 1. The highest BCUT2D eigenvalue weighted by Crippen LogP contribution is 2.01. The maximum Gasteiger partial charge on any atom is 0.335 e. The van der Waals surface area contributed by atoms with Crippen molar-refractivity contribution >= 4 is 5.97 Å². The van der Waals surface area contributed by atoms with E-state index in [0.717, 1.165) is 0 Å². The van der Waals surface area contributed by atoms with Gasteiger partial charge in [-0.3, -0.25) is 0 Å². The Kier molecular flexibility index (Phi) is 1.45. The van der Waals surface area contributed by atoms with Gasteiger partial charge in [-0.1, -0.05) is 0 Å². The van der Waals surface area contributed by atoms with Crippen LogP contribution in [0.25, 0.3) is 0 Å². The molecule has 1 atom stereocenters. The fourth-order valence-electron chi connectivity index (χ4n) is 0.476. The van der Waals surface area contributed by atoms with E-state index >= 15 is 0 Å². The number of aliphatic carboxylic acids is 1. The van der Waals surface area contributed by atoms with Gasteiger partial charge < -0.3 is 14.6 Å². The quantitative estimate of drug-likeness (QED) is 0.501. The lowest BCUT2D eigenvalue weighted by atomic mass is 10.4. The third kappa shape index (κ3) is 0.962. The van der Waals surface area contributed by atoms with E-state index in [1.165, 1.54) is 0 Å². The molecule has 8 heavy (non-hydrogen) atoms. The van der Waals surface area contributed by atoms with Crippen molar-refractivity contribution < 1.29 is 19.4 Å². The van der Waals surface area contributed by atoms with E-state index in [9.17, 15) is 4.79 Å². The Morgan fingerprint density at radius 2 is 2.50 bits per heavy atom. The van der Waals surface area contributed by atoms with E-state index < -0.39 is 12.1 Å². The standard InChI is InChI=1S/C4H6O4/c5-4(6)3-1-7-2-8-3/h3H,1-2H2,(H,5,6)/t3-/m1/s1. The average Bonchev–Trinajstić information content (AvgIpc) is 2.12. The van der Waals surface area contributed by atoms with E-state index in [1.807, 2.05) is 0 Å². The SMILES string of the molecule is O=C(O)[C@H]1COCO1. The summed E-state index contributed by atoms with van der Waals surface area (Å²) in [5, 5.41) is 8.21. The third-order valence-corrected chi connectivity index (χ3v) is 0.897. The third-order valence-electron chi connectivity index (χ3n) is 0.897. The number of rotatable bonds is 1. The summed E-state index contributed by atoms with van der Waals surface area (Å²) in [6.07, 6.45) is -0.741. The normalized spacial score (nSPS) is 28.2. The summed E-state index contributed by atoms with van der Waals surface area (Å²) in [5.74, 6) is -0.956. The zero-order valence-electron chi connectivity index (χ0n) is 4.16. The van der Waals surface area contributed by atoms with Gasteiger partial charge in [0.25, 0.3) is 0 Å². The van der Waals surface area contributed by atoms with Crippen LogP contribution in [0.1, 0.15) is 0 Å².